The SMILES string of the molecule is CCOc1ccccc1OC(=O)C1CCN(c2ncc(C(F)(F)F)cc2Cl)CC1. The fourth-order valence-corrected chi connectivity index (χ4v) is 3.43. The highest BCUT2D eigenvalue weighted by molar-refractivity contribution is 6.33. The van der Waals surface area contributed by atoms with Crippen molar-refractivity contribution in [2.75, 3.05) is 24.6 Å². The first kappa shape index (κ1) is 21.2. The third-order valence-corrected chi connectivity index (χ3v) is 4.91. The van der Waals surface area contributed by atoms with Gasteiger partial charge in [0.05, 0.1) is 23.1 Å². The largest absolute Gasteiger partial charge is 0.490 e. The number of hydrogen-bond acceptors (Lipinski definition) is 5. The van der Waals surface area contributed by atoms with Gasteiger partial charge in [0.2, 0.25) is 0 Å². The molecular weight excluding hydrogens is 409 g/mol. The van der Waals surface area contributed by atoms with Gasteiger partial charge in [-0.1, -0.05) is 23.7 Å². The Morgan fingerprint density at radius 3 is 2.48 bits per heavy atom. The van der Waals surface area contributed by atoms with Crippen LogP contribution in [0.25, 0.3) is 0 Å². The molecule has 2 aromatic rings. The van der Waals surface area contributed by atoms with Crippen LogP contribution in [0.15, 0.2) is 36.5 Å². The molecule has 29 heavy (non-hydrogen) atoms. The highest BCUT2D eigenvalue weighted by atomic mass is 35.5. The minimum Gasteiger partial charge on any atom is -0.490 e. The quantitative estimate of drug-likeness (QED) is 0.497. The van der Waals surface area contributed by atoms with Crippen LogP contribution in [-0.2, 0) is 11.0 Å². The number of pyridine rings is 1. The zero-order valence-electron chi connectivity index (χ0n) is 15.7. The van der Waals surface area contributed by atoms with Crippen molar-refractivity contribution in [3.63, 3.8) is 0 Å². The first-order chi connectivity index (χ1) is 13.8. The van der Waals surface area contributed by atoms with Gasteiger partial charge >= 0.3 is 12.1 Å². The van der Waals surface area contributed by atoms with E-state index in [0.717, 1.165) is 12.3 Å². The summed E-state index contributed by atoms with van der Waals surface area (Å²) in [5.41, 5.74) is -0.891. The second-order valence-corrected chi connectivity index (χ2v) is 7.00. The van der Waals surface area contributed by atoms with Gasteiger partial charge in [0.25, 0.3) is 0 Å². The normalized spacial score (nSPS) is 15.3. The minimum atomic E-state index is -4.50. The Morgan fingerprint density at radius 2 is 1.90 bits per heavy atom. The molecule has 0 radical (unpaired) electrons. The van der Waals surface area contributed by atoms with Gasteiger partial charge in [-0.15, -0.1) is 0 Å². The van der Waals surface area contributed by atoms with Crippen molar-refractivity contribution in [3.05, 3.63) is 47.1 Å². The van der Waals surface area contributed by atoms with Crippen molar-refractivity contribution < 1.29 is 27.4 Å². The summed E-state index contributed by atoms with van der Waals surface area (Å²) < 4.78 is 49.3. The van der Waals surface area contributed by atoms with Gasteiger partial charge in [0.1, 0.15) is 5.82 Å². The van der Waals surface area contributed by atoms with Crippen molar-refractivity contribution in [2.24, 2.45) is 5.92 Å². The topological polar surface area (TPSA) is 51.7 Å². The van der Waals surface area contributed by atoms with Crippen LogP contribution in [0.1, 0.15) is 25.3 Å². The summed E-state index contributed by atoms with van der Waals surface area (Å²) in [6.07, 6.45) is -2.76. The van der Waals surface area contributed by atoms with Crippen molar-refractivity contribution >= 4 is 23.4 Å². The predicted molar refractivity (Wildman–Crippen MR) is 102 cm³/mol. The molecule has 1 aliphatic rings. The Kier molecular flexibility index (Phi) is 6.52. The van der Waals surface area contributed by atoms with E-state index in [4.69, 9.17) is 21.1 Å². The number of carbonyl (C=O) groups excluding carboxylic acids is 1. The highest BCUT2D eigenvalue weighted by Crippen LogP contribution is 2.35. The maximum Gasteiger partial charge on any atom is 0.417 e. The van der Waals surface area contributed by atoms with E-state index in [9.17, 15) is 18.0 Å². The van der Waals surface area contributed by atoms with E-state index in [2.05, 4.69) is 4.98 Å². The smallest absolute Gasteiger partial charge is 0.417 e. The Hall–Kier alpha value is -2.48. The van der Waals surface area contributed by atoms with Crippen LogP contribution >= 0.6 is 11.6 Å². The molecule has 3 rings (SSSR count). The molecule has 2 heterocycles. The number of halogens is 4. The number of anilines is 1. The lowest BCUT2D eigenvalue weighted by molar-refractivity contribution is -0.140. The molecule has 0 aliphatic carbocycles. The molecule has 1 fully saturated rings. The van der Waals surface area contributed by atoms with Gasteiger partial charge in [-0.05, 0) is 38.0 Å². The fraction of sp³-hybridized carbons (Fsp3) is 0.400. The Bertz CT molecular complexity index is 868. The summed E-state index contributed by atoms with van der Waals surface area (Å²) in [4.78, 5) is 18.2. The summed E-state index contributed by atoms with van der Waals surface area (Å²) in [5, 5.41) is -0.0634. The van der Waals surface area contributed by atoms with Gasteiger partial charge in [-0.2, -0.15) is 13.2 Å². The van der Waals surface area contributed by atoms with Crippen LogP contribution in [0.2, 0.25) is 5.02 Å². The monoisotopic (exact) mass is 428 g/mol. The summed E-state index contributed by atoms with van der Waals surface area (Å²) >= 11 is 6.01. The first-order valence-electron chi connectivity index (χ1n) is 9.20. The third-order valence-electron chi connectivity index (χ3n) is 4.64. The van der Waals surface area contributed by atoms with E-state index < -0.39 is 11.7 Å². The van der Waals surface area contributed by atoms with Crippen molar-refractivity contribution in [1.29, 1.82) is 0 Å². The van der Waals surface area contributed by atoms with E-state index >= 15 is 0 Å². The van der Waals surface area contributed by atoms with Crippen molar-refractivity contribution in [1.82, 2.24) is 4.98 Å². The summed E-state index contributed by atoms with van der Waals surface area (Å²) in [6.45, 7) is 3.17. The Balaban J connectivity index is 1.61. The lowest BCUT2D eigenvalue weighted by Gasteiger charge is -2.32. The molecule has 1 aromatic carbocycles. The molecule has 1 aliphatic heterocycles. The van der Waals surface area contributed by atoms with E-state index in [-0.39, 0.29) is 22.7 Å². The summed E-state index contributed by atoms with van der Waals surface area (Å²) in [5.74, 6) is 0.473. The number of benzene rings is 1. The molecule has 1 aromatic heterocycles. The van der Waals surface area contributed by atoms with E-state index in [1.54, 1.807) is 29.2 Å². The Morgan fingerprint density at radius 1 is 1.24 bits per heavy atom. The molecule has 0 unspecified atom stereocenters. The molecule has 0 amide bonds. The van der Waals surface area contributed by atoms with Gasteiger partial charge < -0.3 is 14.4 Å². The number of alkyl halides is 3. The number of aromatic nitrogens is 1. The van der Waals surface area contributed by atoms with Gasteiger partial charge in [0, 0.05) is 19.3 Å². The zero-order chi connectivity index (χ0) is 21.0. The Labute approximate surface area is 171 Å². The molecule has 0 bridgehead atoms. The van der Waals surface area contributed by atoms with Crippen LogP contribution in [0, 0.1) is 5.92 Å². The molecule has 0 atom stereocenters. The number of piperidine rings is 1. The molecule has 0 saturated carbocycles. The number of rotatable bonds is 5. The lowest BCUT2D eigenvalue weighted by Crippen LogP contribution is -2.38. The molecule has 156 valence electrons. The van der Waals surface area contributed by atoms with Gasteiger partial charge in [-0.3, -0.25) is 4.79 Å². The average molecular weight is 429 g/mol. The fourth-order valence-electron chi connectivity index (χ4n) is 3.15. The summed E-state index contributed by atoms with van der Waals surface area (Å²) in [6, 6.07) is 7.82. The highest BCUT2D eigenvalue weighted by Gasteiger charge is 2.33. The number of esters is 1. The lowest BCUT2D eigenvalue weighted by atomic mass is 9.97. The average Bonchev–Trinajstić information content (AvgIpc) is 2.69. The number of carbonyl (C=O) groups is 1. The van der Waals surface area contributed by atoms with Crippen LogP contribution in [0.3, 0.4) is 0 Å². The maximum atomic E-state index is 12.8. The number of ether oxygens (including phenoxy) is 2. The van der Waals surface area contributed by atoms with E-state index in [1.807, 2.05) is 6.92 Å². The molecule has 0 N–H and O–H groups in total. The van der Waals surface area contributed by atoms with Crippen LogP contribution in [-0.4, -0.2) is 30.6 Å². The van der Waals surface area contributed by atoms with Gasteiger partial charge in [0.15, 0.2) is 11.5 Å². The van der Waals surface area contributed by atoms with Gasteiger partial charge in [-0.25, -0.2) is 4.98 Å². The second kappa shape index (κ2) is 8.90. The van der Waals surface area contributed by atoms with E-state index in [1.165, 1.54) is 0 Å². The first-order valence-corrected chi connectivity index (χ1v) is 9.58. The molecular formula is C20H20ClF3N2O3. The third kappa shape index (κ3) is 5.12. The molecule has 1 saturated heterocycles. The number of para-hydroxylation sites is 2. The minimum absolute atomic E-state index is 0.0634. The van der Waals surface area contributed by atoms with Crippen LogP contribution < -0.4 is 14.4 Å². The van der Waals surface area contributed by atoms with Crippen molar-refractivity contribution in [3.8, 4) is 11.5 Å². The molecule has 5 nitrogen and oxygen atoms in total. The standard InChI is InChI=1S/C20H20ClF3N2O3/c1-2-28-16-5-3-4-6-17(16)29-19(27)13-7-9-26(10-8-13)18-15(21)11-14(12-25-18)20(22,23)24/h3-6,11-13H,2,7-10H2,1H3. The zero-order valence-corrected chi connectivity index (χ0v) is 16.5. The van der Waals surface area contributed by atoms with Crippen molar-refractivity contribution in [2.45, 2.75) is 25.9 Å². The maximum absolute atomic E-state index is 12.8. The molecule has 0 spiro atoms. The predicted octanol–water partition coefficient (Wildman–Crippen LogP) is 4.97. The van der Waals surface area contributed by atoms with E-state index in [0.29, 0.717) is 44.0 Å². The number of nitrogens with zero attached hydrogens (tertiary/aromatic N) is 2. The second-order valence-electron chi connectivity index (χ2n) is 6.59. The number of hydrogen-bond donors (Lipinski definition) is 0. The summed E-state index contributed by atoms with van der Waals surface area (Å²) in [7, 11) is 0. The molecule has 9 heteroatoms. The van der Waals surface area contributed by atoms with Crippen LogP contribution in [0.4, 0.5) is 19.0 Å². The van der Waals surface area contributed by atoms with Crippen LogP contribution in [0.5, 0.6) is 11.5 Å².